The van der Waals surface area contributed by atoms with E-state index in [9.17, 15) is 4.79 Å². The van der Waals surface area contributed by atoms with E-state index >= 15 is 0 Å². The van der Waals surface area contributed by atoms with Crippen LogP contribution < -0.4 is 10.9 Å². The number of hydrogen-bond acceptors (Lipinski definition) is 6. The topological polar surface area (TPSA) is 88.1 Å². The Hall–Kier alpha value is -2.13. The molecule has 0 radical (unpaired) electrons. The lowest BCUT2D eigenvalue weighted by Gasteiger charge is -2.26. The highest BCUT2D eigenvalue weighted by Gasteiger charge is 2.12. The van der Waals surface area contributed by atoms with Crippen LogP contribution >= 0.6 is 23.2 Å². The van der Waals surface area contributed by atoms with Gasteiger partial charge in [0, 0.05) is 25.3 Å². The van der Waals surface area contributed by atoms with Crippen LogP contribution in [0.4, 0.5) is 11.6 Å². The molecule has 29 heavy (non-hydrogen) atoms. The van der Waals surface area contributed by atoms with Crippen LogP contribution in [0.3, 0.4) is 0 Å². The Labute approximate surface area is 177 Å². The molecule has 1 saturated heterocycles. The number of halogens is 2. The number of rotatable bonds is 7. The van der Waals surface area contributed by atoms with Gasteiger partial charge in [-0.15, -0.1) is 0 Å². The Balaban J connectivity index is 1.41. The molecule has 0 spiro atoms. The molecule has 2 N–H and O–H groups in total. The second-order valence-corrected chi connectivity index (χ2v) is 7.75. The fourth-order valence-electron chi connectivity index (χ4n) is 3.37. The molecule has 4 rings (SSSR count). The number of imidazole rings is 1. The van der Waals surface area contributed by atoms with Crippen molar-refractivity contribution in [2.24, 2.45) is 0 Å². The number of anilines is 2. The first kappa shape index (κ1) is 20.2. The summed E-state index contributed by atoms with van der Waals surface area (Å²) in [4.78, 5) is 26.5. The minimum absolute atomic E-state index is 0.233. The molecule has 1 aliphatic heterocycles. The van der Waals surface area contributed by atoms with Crippen LogP contribution in [0.1, 0.15) is 12.8 Å². The number of benzene rings is 1. The van der Waals surface area contributed by atoms with Crippen LogP contribution in [0, 0.1) is 0 Å². The standard InChI is InChI=1S/C19H22Cl2N6O2/c20-14-4-3-13(11-15(14)21)23-19-24-17-16(18(28)25-19)27(12-22-17)6-2-1-5-26-7-9-29-10-8-26/h3-4,11-12H,1-2,5-10H2,(H2,23,24,25,28). The lowest BCUT2D eigenvalue weighted by atomic mass is 10.2. The van der Waals surface area contributed by atoms with Crippen molar-refractivity contribution < 1.29 is 4.74 Å². The molecule has 0 atom stereocenters. The molecule has 0 bridgehead atoms. The number of aromatic amines is 1. The number of nitrogens with one attached hydrogen (secondary N) is 2. The van der Waals surface area contributed by atoms with Crippen LogP contribution in [0.5, 0.6) is 0 Å². The van der Waals surface area contributed by atoms with Gasteiger partial charge in [-0.2, -0.15) is 4.98 Å². The molecule has 154 valence electrons. The predicted molar refractivity (Wildman–Crippen MR) is 114 cm³/mol. The quantitative estimate of drug-likeness (QED) is 0.552. The van der Waals surface area contributed by atoms with Gasteiger partial charge in [0.05, 0.1) is 29.6 Å². The average molecular weight is 437 g/mol. The van der Waals surface area contributed by atoms with E-state index in [0.717, 1.165) is 52.2 Å². The Kier molecular flexibility index (Phi) is 6.34. The van der Waals surface area contributed by atoms with E-state index in [1.807, 2.05) is 4.57 Å². The minimum Gasteiger partial charge on any atom is -0.379 e. The van der Waals surface area contributed by atoms with Crippen LogP contribution in [-0.2, 0) is 11.3 Å². The van der Waals surface area contributed by atoms with E-state index in [-0.39, 0.29) is 5.56 Å². The number of aryl methyl sites for hydroxylation is 1. The molecule has 10 heteroatoms. The number of nitrogens with zero attached hydrogens (tertiary/aromatic N) is 4. The number of fused-ring (bicyclic) bond motifs is 1. The van der Waals surface area contributed by atoms with Crippen molar-refractivity contribution in [2.45, 2.75) is 19.4 Å². The summed E-state index contributed by atoms with van der Waals surface area (Å²) in [6.45, 7) is 5.38. The fraction of sp³-hybridized carbons (Fsp3) is 0.421. The summed E-state index contributed by atoms with van der Waals surface area (Å²) in [6, 6.07) is 5.10. The molecular formula is C19H22Cl2N6O2. The summed E-state index contributed by atoms with van der Waals surface area (Å²) in [7, 11) is 0. The van der Waals surface area contributed by atoms with Gasteiger partial charge in [0.15, 0.2) is 11.2 Å². The van der Waals surface area contributed by atoms with Gasteiger partial charge in [-0.25, -0.2) is 4.98 Å². The van der Waals surface area contributed by atoms with Gasteiger partial charge in [0.2, 0.25) is 5.95 Å². The van der Waals surface area contributed by atoms with E-state index in [1.54, 1.807) is 24.5 Å². The van der Waals surface area contributed by atoms with E-state index in [4.69, 9.17) is 27.9 Å². The lowest BCUT2D eigenvalue weighted by molar-refractivity contribution is 0.0371. The Morgan fingerprint density at radius 2 is 1.93 bits per heavy atom. The largest absolute Gasteiger partial charge is 0.379 e. The highest BCUT2D eigenvalue weighted by Crippen LogP contribution is 2.26. The van der Waals surface area contributed by atoms with Gasteiger partial charge >= 0.3 is 0 Å². The van der Waals surface area contributed by atoms with Crippen molar-refractivity contribution >= 4 is 46.0 Å². The number of hydrogen-bond donors (Lipinski definition) is 2. The van der Waals surface area contributed by atoms with Crippen molar-refractivity contribution in [1.29, 1.82) is 0 Å². The summed E-state index contributed by atoms with van der Waals surface area (Å²) in [5.41, 5.74) is 1.33. The minimum atomic E-state index is -0.233. The molecule has 0 saturated carbocycles. The summed E-state index contributed by atoms with van der Waals surface area (Å²) in [6.07, 6.45) is 3.69. The van der Waals surface area contributed by atoms with Crippen molar-refractivity contribution in [1.82, 2.24) is 24.4 Å². The summed E-state index contributed by atoms with van der Waals surface area (Å²) < 4.78 is 7.23. The molecular weight excluding hydrogens is 415 g/mol. The number of H-pyrrole nitrogens is 1. The third-order valence-corrected chi connectivity index (χ3v) is 5.63. The maximum absolute atomic E-state index is 12.6. The molecule has 2 aromatic heterocycles. The monoisotopic (exact) mass is 436 g/mol. The van der Waals surface area contributed by atoms with Gasteiger partial charge in [-0.1, -0.05) is 23.2 Å². The van der Waals surface area contributed by atoms with E-state index in [1.165, 1.54) is 0 Å². The summed E-state index contributed by atoms with van der Waals surface area (Å²) in [5, 5.41) is 3.91. The Morgan fingerprint density at radius 3 is 2.72 bits per heavy atom. The van der Waals surface area contributed by atoms with E-state index < -0.39 is 0 Å². The normalized spacial score (nSPS) is 15.1. The van der Waals surface area contributed by atoms with Gasteiger partial charge in [0.25, 0.3) is 5.56 Å². The highest BCUT2D eigenvalue weighted by atomic mass is 35.5. The number of unbranched alkanes of at least 4 members (excludes halogenated alkanes) is 1. The third kappa shape index (κ3) is 4.90. The average Bonchev–Trinajstić information content (AvgIpc) is 3.12. The second kappa shape index (κ2) is 9.13. The van der Waals surface area contributed by atoms with E-state index in [2.05, 4.69) is 25.2 Å². The molecule has 3 heterocycles. The van der Waals surface area contributed by atoms with E-state index in [0.29, 0.717) is 32.8 Å². The molecule has 1 aromatic carbocycles. The van der Waals surface area contributed by atoms with Gasteiger partial charge < -0.3 is 14.6 Å². The fourth-order valence-corrected chi connectivity index (χ4v) is 3.67. The number of aromatic nitrogens is 4. The first-order chi connectivity index (χ1) is 14.1. The predicted octanol–water partition coefficient (Wildman–Crippen LogP) is 3.28. The van der Waals surface area contributed by atoms with Crippen LogP contribution in [0.2, 0.25) is 10.0 Å². The zero-order valence-corrected chi connectivity index (χ0v) is 17.3. The molecule has 1 fully saturated rings. The maximum atomic E-state index is 12.6. The molecule has 1 aliphatic rings. The highest BCUT2D eigenvalue weighted by molar-refractivity contribution is 6.42. The van der Waals surface area contributed by atoms with Crippen molar-refractivity contribution in [2.75, 3.05) is 38.2 Å². The first-order valence-corrected chi connectivity index (χ1v) is 10.3. The Morgan fingerprint density at radius 1 is 1.14 bits per heavy atom. The Bertz CT molecular complexity index is 1040. The summed E-state index contributed by atoms with van der Waals surface area (Å²) in [5.74, 6) is 0.304. The lowest BCUT2D eigenvalue weighted by Crippen LogP contribution is -2.36. The molecule has 0 amide bonds. The third-order valence-electron chi connectivity index (χ3n) is 4.89. The zero-order valence-electron chi connectivity index (χ0n) is 15.8. The van der Waals surface area contributed by atoms with Gasteiger partial charge in [0.1, 0.15) is 0 Å². The smallest absolute Gasteiger partial charge is 0.278 e. The first-order valence-electron chi connectivity index (χ1n) is 9.57. The van der Waals surface area contributed by atoms with Crippen LogP contribution in [0.15, 0.2) is 29.3 Å². The van der Waals surface area contributed by atoms with Crippen LogP contribution in [-0.4, -0.2) is 57.3 Å². The molecule has 3 aromatic rings. The molecule has 0 aliphatic carbocycles. The van der Waals surface area contributed by atoms with Crippen molar-refractivity contribution in [3.8, 4) is 0 Å². The summed E-state index contributed by atoms with van der Waals surface area (Å²) >= 11 is 12.0. The zero-order chi connectivity index (χ0) is 20.2. The van der Waals surface area contributed by atoms with Crippen molar-refractivity contribution in [3.63, 3.8) is 0 Å². The van der Waals surface area contributed by atoms with Gasteiger partial charge in [-0.05, 0) is 37.6 Å². The van der Waals surface area contributed by atoms with Crippen molar-refractivity contribution in [3.05, 3.63) is 44.9 Å². The molecule has 8 nitrogen and oxygen atoms in total. The SMILES string of the molecule is O=c1[nH]c(Nc2ccc(Cl)c(Cl)c2)nc2ncn(CCCCN3CCOCC3)c12. The number of ether oxygens (including phenoxy) is 1. The van der Waals surface area contributed by atoms with Crippen LogP contribution in [0.25, 0.3) is 11.2 Å². The maximum Gasteiger partial charge on any atom is 0.278 e. The number of morpholine rings is 1. The van der Waals surface area contributed by atoms with Gasteiger partial charge in [-0.3, -0.25) is 14.7 Å². The molecule has 0 unspecified atom stereocenters. The second-order valence-electron chi connectivity index (χ2n) is 6.94.